The highest BCUT2D eigenvalue weighted by atomic mass is 32.1. The van der Waals surface area contributed by atoms with Crippen molar-refractivity contribution in [2.45, 2.75) is 19.4 Å². The Morgan fingerprint density at radius 1 is 1.57 bits per heavy atom. The van der Waals surface area contributed by atoms with Gasteiger partial charge in [-0.2, -0.15) is 9.61 Å². The van der Waals surface area contributed by atoms with Crippen LogP contribution in [0, 0.1) is 5.92 Å². The second-order valence-electron chi connectivity index (χ2n) is 5.12. The van der Waals surface area contributed by atoms with E-state index in [2.05, 4.69) is 15.0 Å². The molecule has 0 N–H and O–H groups in total. The van der Waals surface area contributed by atoms with E-state index in [4.69, 9.17) is 4.74 Å². The number of nitrogens with zero attached hydrogens (tertiary/aromatic N) is 4. The van der Waals surface area contributed by atoms with Crippen LogP contribution in [-0.2, 0) is 16.1 Å². The van der Waals surface area contributed by atoms with Crippen molar-refractivity contribution in [2.75, 3.05) is 20.2 Å². The lowest BCUT2D eigenvalue weighted by molar-refractivity contribution is -0.147. The Bertz CT molecular complexity index is 711. The Kier molecular flexibility index (Phi) is 3.98. The Hall–Kier alpha value is -1.80. The van der Waals surface area contributed by atoms with Crippen LogP contribution < -0.4 is 5.56 Å². The second kappa shape index (κ2) is 5.90. The average molecular weight is 308 g/mol. The van der Waals surface area contributed by atoms with E-state index in [0.29, 0.717) is 18.1 Å². The van der Waals surface area contributed by atoms with Gasteiger partial charge in [-0.05, 0) is 19.4 Å². The summed E-state index contributed by atoms with van der Waals surface area (Å²) >= 11 is 1.33. The van der Waals surface area contributed by atoms with E-state index < -0.39 is 0 Å². The zero-order valence-corrected chi connectivity index (χ0v) is 12.5. The van der Waals surface area contributed by atoms with E-state index in [0.717, 1.165) is 25.1 Å². The van der Waals surface area contributed by atoms with Crippen LogP contribution in [0.4, 0.5) is 0 Å². The second-order valence-corrected chi connectivity index (χ2v) is 5.93. The summed E-state index contributed by atoms with van der Waals surface area (Å²) in [4.78, 5) is 30.7. The molecule has 2 aromatic heterocycles. The first-order chi connectivity index (χ1) is 10.2. The van der Waals surface area contributed by atoms with Crippen molar-refractivity contribution < 1.29 is 9.53 Å². The smallest absolute Gasteiger partial charge is 0.309 e. The molecule has 1 saturated heterocycles. The average Bonchev–Trinajstić information content (AvgIpc) is 2.95. The molecule has 1 aliphatic heterocycles. The highest BCUT2D eigenvalue weighted by molar-refractivity contribution is 7.14. The molecule has 1 fully saturated rings. The number of carbonyl (C=O) groups excluding carboxylic acids is 1. The summed E-state index contributed by atoms with van der Waals surface area (Å²) in [6.45, 7) is 2.12. The molecule has 0 saturated carbocycles. The Labute approximate surface area is 125 Å². The Morgan fingerprint density at radius 3 is 3.24 bits per heavy atom. The molecule has 0 unspecified atom stereocenters. The van der Waals surface area contributed by atoms with Crippen LogP contribution >= 0.6 is 11.3 Å². The molecule has 0 amide bonds. The minimum absolute atomic E-state index is 0.0861. The van der Waals surface area contributed by atoms with Crippen LogP contribution in [0.3, 0.4) is 0 Å². The molecule has 1 atom stereocenters. The number of aromatic nitrogens is 3. The molecule has 21 heavy (non-hydrogen) atoms. The van der Waals surface area contributed by atoms with Crippen LogP contribution in [0.5, 0.6) is 0 Å². The van der Waals surface area contributed by atoms with Gasteiger partial charge >= 0.3 is 5.97 Å². The van der Waals surface area contributed by atoms with Crippen LogP contribution in [0.15, 0.2) is 16.4 Å². The van der Waals surface area contributed by atoms with Gasteiger partial charge in [0.2, 0.25) is 4.96 Å². The first-order valence-corrected chi connectivity index (χ1v) is 7.68. The minimum Gasteiger partial charge on any atom is -0.469 e. The minimum atomic E-state index is -0.169. The van der Waals surface area contributed by atoms with Gasteiger partial charge < -0.3 is 4.74 Å². The number of carbonyl (C=O) groups is 1. The third-order valence-corrected chi connectivity index (χ3v) is 4.34. The summed E-state index contributed by atoms with van der Waals surface area (Å²) in [5.74, 6) is -0.248. The molecular formula is C13H16N4O3S. The fraction of sp³-hybridized carbons (Fsp3) is 0.538. The molecule has 0 bridgehead atoms. The lowest BCUT2D eigenvalue weighted by Crippen LogP contribution is -2.39. The number of methoxy groups -OCH3 is 1. The van der Waals surface area contributed by atoms with Gasteiger partial charge in [-0.15, -0.1) is 0 Å². The summed E-state index contributed by atoms with van der Waals surface area (Å²) in [6.07, 6.45) is 1.80. The van der Waals surface area contributed by atoms with Gasteiger partial charge in [-0.1, -0.05) is 11.3 Å². The van der Waals surface area contributed by atoms with Crippen LogP contribution in [-0.4, -0.2) is 45.7 Å². The van der Waals surface area contributed by atoms with E-state index in [-0.39, 0.29) is 17.4 Å². The van der Waals surface area contributed by atoms with Gasteiger partial charge in [0.05, 0.1) is 18.7 Å². The molecule has 3 heterocycles. The zero-order chi connectivity index (χ0) is 14.8. The number of esters is 1. The van der Waals surface area contributed by atoms with Gasteiger partial charge in [0.25, 0.3) is 5.56 Å². The predicted molar refractivity (Wildman–Crippen MR) is 77.2 cm³/mol. The number of rotatable bonds is 3. The fourth-order valence-electron chi connectivity index (χ4n) is 2.67. The molecule has 8 heteroatoms. The van der Waals surface area contributed by atoms with Gasteiger partial charge in [0, 0.05) is 19.2 Å². The van der Waals surface area contributed by atoms with E-state index >= 15 is 0 Å². The quantitative estimate of drug-likeness (QED) is 0.770. The van der Waals surface area contributed by atoms with Gasteiger partial charge in [0.1, 0.15) is 5.51 Å². The number of ether oxygens (including phenoxy) is 1. The third-order valence-electron chi connectivity index (χ3n) is 3.67. The predicted octanol–water partition coefficient (Wildman–Crippen LogP) is 0.536. The van der Waals surface area contributed by atoms with E-state index in [1.807, 2.05) is 0 Å². The molecule has 0 aromatic carbocycles. The summed E-state index contributed by atoms with van der Waals surface area (Å²) in [6, 6.07) is 1.51. The summed E-state index contributed by atoms with van der Waals surface area (Å²) < 4.78 is 6.11. The van der Waals surface area contributed by atoms with E-state index in [1.54, 1.807) is 5.51 Å². The van der Waals surface area contributed by atoms with Crippen molar-refractivity contribution in [3.05, 3.63) is 27.6 Å². The summed E-state index contributed by atoms with van der Waals surface area (Å²) in [5, 5.41) is 3.94. The normalized spacial score (nSPS) is 19.8. The molecule has 0 radical (unpaired) electrons. The molecule has 112 valence electrons. The van der Waals surface area contributed by atoms with Crippen molar-refractivity contribution in [1.29, 1.82) is 0 Å². The number of likely N-dealkylation sites (tertiary alicyclic amines) is 1. The van der Waals surface area contributed by atoms with Crippen molar-refractivity contribution in [3.63, 3.8) is 0 Å². The van der Waals surface area contributed by atoms with Crippen molar-refractivity contribution in [1.82, 2.24) is 19.5 Å². The third kappa shape index (κ3) is 2.96. The molecule has 0 spiro atoms. The fourth-order valence-corrected chi connectivity index (χ4v) is 3.31. The van der Waals surface area contributed by atoms with E-state index in [9.17, 15) is 9.59 Å². The standard InChI is InChI=1S/C13H16N4O3S/c1-20-12(19)9-3-2-4-16(6-9)7-10-5-11(18)17-13(15-10)21-8-14-17/h5,8-9H,2-4,6-7H2,1H3/t9-/m0/s1. The maximum absolute atomic E-state index is 11.9. The van der Waals surface area contributed by atoms with Crippen LogP contribution in [0.2, 0.25) is 0 Å². The Balaban J connectivity index is 1.75. The summed E-state index contributed by atoms with van der Waals surface area (Å²) in [7, 11) is 1.42. The van der Waals surface area contributed by atoms with E-state index in [1.165, 1.54) is 29.0 Å². The first-order valence-electron chi connectivity index (χ1n) is 6.80. The monoisotopic (exact) mass is 308 g/mol. The van der Waals surface area contributed by atoms with Gasteiger partial charge in [0.15, 0.2) is 0 Å². The zero-order valence-electron chi connectivity index (χ0n) is 11.7. The van der Waals surface area contributed by atoms with Crippen LogP contribution in [0.1, 0.15) is 18.5 Å². The molecule has 0 aliphatic carbocycles. The molecule has 3 rings (SSSR count). The maximum atomic E-state index is 11.9. The largest absolute Gasteiger partial charge is 0.469 e. The lowest BCUT2D eigenvalue weighted by atomic mass is 9.98. The number of hydrogen-bond acceptors (Lipinski definition) is 7. The molecule has 2 aromatic rings. The van der Waals surface area contributed by atoms with Crippen molar-refractivity contribution in [3.8, 4) is 0 Å². The lowest BCUT2D eigenvalue weighted by Gasteiger charge is -2.30. The Morgan fingerprint density at radius 2 is 2.43 bits per heavy atom. The number of fused-ring (bicyclic) bond motifs is 1. The highest BCUT2D eigenvalue weighted by Gasteiger charge is 2.26. The molecule has 1 aliphatic rings. The van der Waals surface area contributed by atoms with Gasteiger partial charge in [-0.3, -0.25) is 14.5 Å². The molecular weight excluding hydrogens is 292 g/mol. The SMILES string of the molecule is COC(=O)[C@H]1CCCN(Cc2cc(=O)n3ncsc3n2)C1. The first kappa shape index (κ1) is 14.2. The number of hydrogen-bond donors (Lipinski definition) is 0. The molecule has 7 nitrogen and oxygen atoms in total. The maximum Gasteiger partial charge on any atom is 0.309 e. The summed E-state index contributed by atoms with van der Waals surface area (Å²) in [5.41, 5.74) is 2.15. The number of piperidine rings is 1. The topological polar surface area (TPSA) is 76.8 Å². The van der Waals surface area contributed by atoms with Crippen molar-refractivity contribution >= 4 is 22.3 Å². The van der Waals surface area contributed by atoms with Crippen molar-refractivity contribution in [2.24, 2.45) is 5.92 Å². The van der Waals surface area contributed by atoms with Gasteiger partial charge in [-0.25, -0.2) is 4.98 Å². The highest BCUT2D eigenvalue weighted by Crippen LogP contribution is 2.19. The van der Waals surface area contributed by atoms with Crippen LogP contribution in [0.25, 0.3) is 4.96 Å².